The summed E-state index contributed by atoms with van der Waals surface area (Å²) in [4.78, 5) is 18.0. The van der Waals surface area contributed by atoms with Gasteiger partial charge in [-0.1, -0.05) is 0 Å². The Morgan fingerprint density at radius 1 is 1.44 bits per heavy atom. The number of anilines is 1. The zero-order chi connectivity index (χ0) is 13.4. The Bertz CT molecular complexity index is 399. The standard InChI is InChI=1S/C10H16N4O4/c1-3-11-10-12-7-8(14(15)16)9(13-10)18-6-5-17-4-2/h7H,3-6H2,1-2H3,(H,11,12,13). The predicted molar refractivity (Wildman–Crippen MR) is 64.8 cm³/mol. The minimum absolute atomic E-state index is 0.0503. The van der Waals surface area contributed by atoms with Crippen LogP contribution in [-0.4, -0.2) is 41.3 Å². The molecule has 1 aromatic rings. The second-order valence-corrected chi connectivity index (χ2v) is 3.22. The van der Waals surface area contributed by atoms with Gasteiger partial charge < -0.3 is 14.8 Å². The van der Waals surface area contributed by atoms with Crippen LogP contribution in [0.1, 0.15) is 13.8 Å². The molecule has 0 aliphatic heterocycles. The molecule has 0 aliphatic carbocycles. The number of nitrogens with one attached hydrogen (secondary N) is 1. The lowest BCUT2D eigenvalue weighted by Crippen LogP contribution is -2.10. The van der Waals surface area contributed by atoms with Gasteiger partial charge in [0.1, 0.15) is 12.8 Å². The second-order valence-electron chi connectivity index (χ2n) is 3.22. The van der Waals surface area contributed by atoms with E-state index in [0.29, 0.717) is 25.7 Å². The average Bonchev–Trinajstić information content (AvgIpc) is 2.35. The Hall–Kier alpha value is -1.96. The van der Waals surface area contributed by atoms with Crippen LogP contribution >= 0.6 is 0 Å². The summed E-state index contributed by atoms with van der Waals surface area (Å²) in [7, 11) is 0. The lowest BCUT2D eigenvalue weighted by molar-refractivity contribution is -0.386. The minimum Gasteiger partial charge on any atom is -0.470 e. The number of ether oxygens (including phenoxy) is 2. The van der Waals surface area contributed by atoms with Crippen LogP contribution in [-0.2, 0) is 4.74 Å². The lowest BCUT2D eigenvalue weighted by atomic mass is 10.5. The molecule has 0 atom stereocenters. The zero-order valence-electron chi connectivity index (χ0n) is 10.4. The molecule has 1 heterocycles. The highest BCUT2D eigenvalue weighted by Gasteiger charge is 2.18. The summed E-state index contributed by atoms with van der Waals surface area (Å²) in [6, 6.07) is 0. The van der Waals surface area contributed by atoms with Crippen molar-refractivity contribution in [3.05, 3.63) is 16.3 Å². The van der Waals surface area contributed by atoms with Gasteiger partial charge in [-0.2, -0.15) is 4.98 Å². The molecule has 0 bridgehead atoms. The van der Waals surface area contributed by atoms with Crippen LogP contribution in [0.4, 0.5) is 11.6 Å². The summed E-state index contributed by atoms with van der Waals surface area (Å²) in [6.45, 7) is 5.48. The van der Waals surface area contributed by atoms with Gasteiger partial charge in [-0.25, -0.2) is 4.98 Å². The van der Waals surface area contributed by atoms with Gasteiger partial charge in [0.15, 0.2) is 0 Å². The van der Waals surface area contributed by atoms with Gasteiger partial charge in [0.25, 0.3) is 5.88 Å². The summed E-state index contributed by atoms with van der Waals surface area (Å²) >= 11 is 0. The molecule has 0 aromatic carbocycles. The highest BCUT2D eigenvalue weighted by Crippen LogP contribution is 2.24. The van der Waals surface area contributed by atoms with Crippen molar-refractivity contribution in [2.24, 2.45) is 0 Å². The molecular weight excluding hydrogens is 240 g/mol. The summed E-state index contributed by atoms with van der Waals surface area (Å²) in [6.07, 6.45) is 1.13. The van der Waals surface area contributed by atoms with Crippen molar-refractivity contribution in [1.82, 2.24) is 9.97 Å². The van der Waals surface area contributed by atoms with E-state index in [4.69, 9.17) is 9.47 Å². The van der Waals surface area contributed by atoms with Gasteiger partial charge in [0, 0.05) is 13.2 Å². The fourth-order valence-corrected chi connectivity index (χ4v) is 1.18. The first kappa shape index (κ1) is 14.1. The van der Waals surface area contributed by atoms with Gasteiger partial charge in [0.2, 0.25) is 5.95 Å². The first-order valence-electron chi connectivity index (χ1n) is 5.64. The van der Waals surface area contributed by atoms with Crippen molar-refractivity contribution in [3.8, 4) is 5.88 Å². The number of aromatic nitrogens is 2. The fourth-order valence-electron chi connectivity index (χ4n) is 1.18. The third-order valence-electron chi connectivity index (χ3n) is 1.94. The molecule has 18 heavy (non-hydrogen) atoms. The van der Waals surface area contributed by atoms with Crippen LogP contribution in [0.3, 0.4) is 0 Å². The summed E-state index contributed by atoms with van der Waals surface area (Å²) < 4.78 is 10.3. The van der Waals surface area contributed by atoms with Crippen molar-refractivity contribution >= 4 is 11.6 Å². The van der Waals surface area contributed by atoms with E-state index < -0.39 is 4.92 Å². The Balaban J connectivity index is 2.76. The minimum atomic E-state index is -0.578. The molecule has 1 N–H and O–H groups in total. The summed E-state index contributed by atoms with van der Waals surface area (Å²) in [5.74, 6) is 0.250. The molecule has 100 valence electrons. The van der Waals surface area contributed by atoms with Crippen LogP contribution in [0, 0.1) is 10.1 Å². The first-order valence-corrected chi connectivity index (χ1v) is 5.64. The molecule has 1 aromatic heterocycles. The van der Waals surface area contributed by atoms with E-state index >= 15 is 0 Å². The second kappa shape index (κ2) is 7.38. The highest BCUT2D eigenvalue weighted by atomic mass is 16.6. The third-order valence-corrected chi connectivity index (χ3v) is 1.94. The predicted octanol–water partition coefficient (Wildman–Crippen LogP) is 1.23. The van der Waals surface area contributed by atoms with Crippen LogP contribution in [0.5, 0.6) is 5.88 Å². The van der Waals surface area contributed by atoms with Crippen LogP contribution in [0.15, 0.2) is 6.20 Å². The molecule has 0 fully saturated rings. The van der Waals surface area contributed by atoms with Crippen molar-refractivity contribution in [2.75, 3.05) is 31.7 Å². The third kappa shape index (κ3) is 4.13. The van der Waals surface area contributed by atoms with E-state index in [0.717, 1.165) is 6.20 Å². The fraction of sp³-hybridized carbons (Fsp3) is 0.600. The van der Waals surface area contributed by atoms with Crippen molar-refractivity contribution < 1.29 is 14.4 Å². The number of rotatable bonds is 8. The molecule has 0 aliphatic rings. The van der Waals surface area contributed by atoms with E-state index in [-0.39, 0.29) is 18.2 Å². The van der Waals surface area contributed by atoms with Gasteiger partial charge in [0.05, 0.1) is 11.5 Å². The number of hydrogen-bond acceptors (Lipinski definition) is 7. The monoisotopic (exact) mass is 256 g/mol. The van der Waals surface area contributed by atoms with Crippen LogP contribution in [0.25, 0.3) is 0 Å². The smallest absolute Gasteiger partial charge is 0.349 e. The van der Waals surface area contributed by atoms with E-state index in [1.165, 1.54) is 0 Å². The first-order chi connectivity index (χ1) is 8.69. The number of nitrogens with zero attached hydrogens (tertiary/aromatic N) is 3. The molecule has 0 amide bonds. The Labute approximate surface area is 104 Å². The zero-order valence-corrected chi connectivity index (χ0v) is 10.4. The van der Waals surface area contributed by atoms with Crippen molar-refractivity contribution in [3.63, 3.8) is 0 Å². The van der Waals surface area contributed by atoms with Crippen LogP contribution in [0.2, 0.25) is 0 Å². The molecule has 0 radical (unpaired) electrons. The number of hydrogen-bond donors (Lipinski definition) is 1. The Kier molecular flexibility index (Phi) is 5.78. The lowest BCUT2D eigenvalue weighted by Gasteiger charge is -2.07. The maximum Gasteiger partial charge on any atom is 0.349 e. The van der Waals surface area contributed by atoms with Crippen molar-refractivity contribution in [2.45, 2.75) is 13.8 Å². The molecule has 0 unspecified atom stereocenters. The maximum atomic E-state index is 10.8. The normalized spacial score (nSPS) is 10.1. The van der Waals surface area contributed by atoms with Gasteiger partial charge in [-0.3, -0.25) is 10.1 Å². The molecule has 0 spiro atoms. The van der Waals surface area contributed by atoms with Gasteiger partial charge in [-0.05, 0) is 13.8 Å². The van der Waals surface area contributed by atoms with E-state index in [2.05, 4.69) is 15.3 Å². The topological polar surface area (TPSA) is 99.4 Å². The average molecular weight is 256 g/mol. The number of nitro groups is 1. The van der Waals surface area contributed by atoms with Crippen molar-refractivity contribution in [1.29, 1.82) is 0 Å². The van der Waals surface area contributed by atoms with Gasteiger partial charge >= 0.3 is 5.69 Å². The Morgan fingerprint density at radius 3 is 2.83 bits per heavy atom. The molecule has 1 rings (SSSR count). The quantitative estimate of drug-likeness (QED) is 0.424. The Morgan fingerprint density at radius 2 is 2.22 bits per heavy atom. The van der Waals surface area contributed by atoms with Gasteiger partial charge in [-0.15, -0.1) is 0 Å². The summed E-state index contributed by atoms with van der Waals surface area (Å²) in [5.41, 5.74) is -0.256. The molecule has 8 heteroatoms. The molecular formula is C10H16N4O4. The van der Waals surface area contributed by atoms with E-state index in [9.17, 15) is 10.1 Å². The maximum absolute atomic E-state index is 10.8. The van der Waals surface area contributed by atoms with E-state index in [1.54, 1.807) is 0 Å². The molecule has 0 saturated carbocycles. The molecule has 8 nitrogen and oxygen atoms in total. The largest absolute Gasteiger partial charge is 0.470 e. The SMILES string of the molecule is CCNc1ncc([N+](=O)[O-])c(OCCOCC)n1. The van der Waals surface area contributed by atoms with E-state index in [1.807, 2.05) is 13.8 Å². The molecule has 0 saturated heterocycles. The van der Waals surface area contributed by atoms with Crippen LogP contribution < -0.4 is 10.1 Å². The highest BCUT2D eigenvalue weighted by molar-refractivity contribution is 5.43. The summed E-state index contributed by atoms with van der Waals surface area (Å²) in [5, 5.41) is 13.6.